The van der Waals surface area contributed by atoms with Crippen molar-refractivity contribution in [1.29, 1.82) is 0 Å². The van der Waals surface area contributed by atoms with Crippen molar-refractivity contribution in [1.82, 2.24) is 4.90 Å². The smallest absolute Gasteiger partial charge is 0.168 e. The molecule has 0 saturated carbocycles. The van der Waals surface area contributed by atoms with Gasteiger partial charge in [0.05, 0.1) is 23.7 Å². The molecule has 3 heterocycles. The molecule has 20 heavy (non-hydrogen) atoms. The first kappa shape index (κ1) is 12.4. The monoisotopic (exact) mass is 302 g/mol. The van der Waals surface area contributed by atoms with Crippen molar-refractivity contribution in [2.45, 2.75) is 6.92 Å². The lowest BCUT2D eigenvalue weighted by atomic mass is 10.2. The molecular weight excluding hydrogens is 288 g/mol. The third-order valence-corrected chi connectivity index (χ3v) is 5.81. The summed E-state index contributed by atoms with van der Waals surface area (Å²) in [5.41, 5.74) is 2.44. The Morgan fingerprint density at radius 3 is 3.10 bits per heavy atom. The van der Waals surface area contributed by atoms with E-state index in [9.17, 15) is 5.11 Å². The highest BCUT2D eigenvalue weighted by atomic mass is 32.2. The summed E-state index contributed by atoms with van der Waals surface area (Å²) in [6.45, 7) is 3.99. The van der Waals surface area contributed by atoms with Gasteiger partial charge in [-0.2, -0.15) is 0 Å². The van der Waals surface area contributed by atoms with E-state index in [4.69, 9.17) is 0 Å². The summed E-state index contributed by atoms with van der Waals surface area (Å²) >= 11 is 3.41. The van der Waals surface area contributed by atoms with Crippen LogP contribution in [-0.2, 0) is 0 Å². The number of benzene rings is 1. The largest absolute Gasteiger partial charge is 0.391 e. The van der Waals surface area contributed by atoms with Gasteiger partial charge in [0.1, 0.15) is 0 Å². The van der Waals surface area contributed by atoms with E-state index in [0.29, 0.717) is 0 Å². The fourth-order valence-electron chi connectivity index (χ4n) is 2.66. The van der Waals surface area contributed by atoms with Gasteiger partial charge in [-0.15, -0.1) is 11.3 Å². The minimum atomic E-state index is 0.0861. The third-order valence-electron chi connectivity index (χ3n) is 3.60. The first-order valence-electron chi connectivity index (χ1n) is 6.60. The molecule has 1 N–H and O–H groups in total. The van der Waals surface area contributed by atoms with Crippen molar-refractivity contribution in [3.8, 4) is 0 Å². The summed E-state index contributed by atoms with van der Waals surface area (Å²) < 4.78 is 1.30. The molecule has 2 aromatic rings. The fraction of sp³-hybridized carbons (Fsp3) is 0.267. The number of rotatable bonds is 2. The van der Waals surface area contributed by atoms with Gasteiger partial charge in [0.25, 0.3) is 0 Å². The summed E-state index contributed by atoms with van der Waals surface area (Å²) in [4.78, 5) is 8.99. The number of nitrogens with zero attached hydrogens (tertiary/aromatic N) is 2. The van der Waals surface area contributed by atoms with E-state index < -0.39 is 0 Å². The van der Waals surface area contributed by atoms with E-state index in [1.165, 1.54) is 20.5 Å². The molecule has 0 amide bonds. The number of hydrogen-bond acceptors (Lipinski definition) is 5. The molecule has 1 aromatic heterocycles. The molecule has 2 aliphatic rings. The molecule has 1 aromatic carbocycles. The molecule has 0 fully saturated rings. The topological polar surface area (TPSA) is 35.8 Å². The van der Waals surface area contributed by atoms with Crippen LogP contribution in [0.15, 0.2) is 34.2 Å². The standard InChI is InChI=1S/C15H14N2OS2/c1-9-2-3-10-7-12(19-11(10)6-9)14-13(8-18)20-15-16-4-5-17(14)15/h2-3,6-7,18H,4-5,8H2,1H3. The normalized spacial score (nSPS) is 18.1. The summed E-state index contributed by atoms with van der Waals surface area (Å²) in [7, 11) is 0. The van der Waals surface area contributed by atoms with E-state index >= 15 is 0 Å². The predicted octanol–water partition coefficient (Wildman–Crippen LogP) is 3.29. The lowest BCUT2D eigenvalue weighted by molar-refractivity contribution is 0.339. The molecule has 0 bridgehead atoms. The Kier molecular flexibility index (Phi) is 2.87. The van der Waals surface area contributed by atoms with Gasteiger partial charge in [0, 0.05) is 16.1 Å². The Bertz CT molecular complexity index is 760. The summed E-state index contributed by atoms with van der Waals surface area (Å²) in [6, 6.07) is 8.77. The van der Waals surface area contributed by atoms with Gasteiger partial charge >= 0.3 is 0 Å². The van der Waals surface area contributed by atoms with E-state index in [0.717, 1.165) is 28.9 Å². The molecule has 0 aliphatic carbocycles. The van der Waals surface area contributed by atoms with E-state index in [1.54, 1.807) is 23.1 Å². The van der Waals surface area contributed by atoms with Gasteiger partial charge in [-0.25, -0.2) is 0 Å². The van der Waals surface area contributed by atoms with Crippen LogP contribution in [0.5, 0.6) is 0 Å². The van der Waals surface area contributed by atoms with Crippen LogP contribution in [0.1, 0.15) is 10.4 Å². The molecule has 0 spiro atoms. The molecule has 4 rings (SSSR count). The maximum atomic E-state index is 9.62. The van der Waals surface area contributed by atoms with Crippen LogP contribution in [0.25, 0.3) is 15.8 Å². The van der Waals surface area contributed by atoms with Crippen LogP contribution in [0.2, 0.25) is 0 Å². The van der Waals surface area contributed by atoms with Crippen molar-refractivity contribution in [3.05, 3.63) is 39.6 Å². The van der Waals surface area contributed by atoms with E-state index in [-0.39, 0.29) is 6.61 Å². The number of hydrogen-bond donors (Lipinski definition) is 1. The van der Waals surface area contributed by atoms with Crippen molar-refractivity contribution in [2.24, 2.45) is 4.99 Å². The number of thioether (sulfide) groups is 1. The number of amidine groups is 1. The van der Waals surface area contributed by atoms with Crippen molar-refractivity contribution in [3.63, 3.8) is 0 Å². The molecule has 0 radical (unpaired) electrons. The maximum absolute atomic E-state index is 9.62. The Hall–Kier alpha value is -1.30. The summed E-state index contributed by atoms with van der Waals surface area (Å²) in [5, 5.41) is 11.9. The molecule has 3 nitrogen and oxygen atoms in total. The number of thiophene rings is 1. The zero-order valence-corrected chi connectivity index (χ0v) is 12.7. The lowest BCUT2D eigenvalue weighted by Gasteiger charge is -2.15. The second-order valence-electron chi connectivity index (χ2n) is 5.00. The first-order valence-corrected chi connectivity index (χ1v) is 8.24. The van der Waals surface area contributed by atoms with Crippen LogP contribution in [0, 0.1) is 6.92 Å². The van der Waals surface area contributed by atoms with Crippen molar-refractivity contribution in [2.75, 3.05) is 19.7 Å². The molecule has 0 unspecified atom stereocenters. The Morgan fingerprint density at radius 1 is 1.35 bits per heavy atom. The second-order valence-corrected chi connectivity index (χ2v) is 7.15. The number of aliphatic hydroxyl groups excluding tert-OH is 1. The zero-order valence-electron chi connectivity index (χ0n) is 11.1. The van der Waals surface area contributed by atoms with E-state index in [2.05, 4.69) is 41.1 Å². The van der Waals surface area contributed by atoms with Gasteiger partial charge in [-0.3, -0.25) is 4.99 Å². The van der Waals surface area contributed by atoms with Crippen LogP contribution in [0.4, 0.5) is 0 Å². The Labute approximate surface area is 125 Å². The minimum absolute atomic E-state index is 0.0861. The number of fused-ring (bicyclic) bond motifs is 2. The van der Waals surface area contributed by atoms with Crippen molar-refractivity contribution >= 4 is 44.0 Å². The first-order chi connectivity index (χ1) is 9.76. The second kappa shape index (κ2) is 4.62. The highest BCUT2D eigenvalue weighted by Crippen LogP contribution is 2.44. The highest BCUT2D eigenvalue weighted by molar-refractivity contribution is 8.17. The quantitative estimate of drug-likeness (QED) is 0.924. The summed E-state index contributed by atoms with van der Waals surface area (Å²) in [5.74, 6) is 0. The molecule has 0 atom stereocenters. The zero-order chi connectivity index (χ0) is 13.7. The maximum Gasteiger partial charge on any atom is 0.168 e. The van der Waals surface area contributed by atoms with Crippen LogP contribution in [0.3, 0.4) is 0 Å². The third kappa shape index (κ3) is 1.81. The number of aliphatic imine (C=N–C) groups is 1. The molecule has 5 heteroatoms. The molecule has 0 saturated heterocycles. The molecule has 102 valence electrons. The van der Waals surface area contributed by atoms with Crippen LogP contribution >= 0.6 is 23.1 Å². The van der Waals surface area contributed by atoms with Crippen LogP contribution < -0.4 is 0 Å². The minimum Gasteiger partial charge on any atom is -0.391 e. The highest BCUT2D eigenvalue weighted by Gasteiger charge is 2.33. The van der Waals surface area contributed by atoms with Crippen molar-refractivity contribution < 1.29 is 5.11 Å². The summed E-state index contributed by atoms with van der Waals surface area (Å²) in [6.07, 6.45) is 0. The number of aryl methyl sites for hydroxylation is 1. The fourth-order valence-corrected chi connectivity index (χ4v) is 5.02. The van der Waals surface area contributed by atoms with E-state index in [1.807, 2.05) is 0 Å². The predicted molar refractivity (Wildman–Crippen MR) is 87.2 cm³/mol. The molecule has 2 aliphatic heterocycles. The Balaban J connectivity index is 1.86. The average molecular weight is 302 g/mol. The van der Waals surface area contributed by atoms with Gasteiger partial charge in [-0.1, -0.05) is 23.9 Å². The van der Waals surface area contributed by atoms with Gasteiger partial charge in [0.2, 0.25) is 0 Å². The van der Waals surface area contributed by atoms with Gasteiger partial charge in [-0.05, 0) is 30.0 Å². The Morgan fingerprint density at radius 2 is 2.25 bits per heavy atom. The van der Waals surface area contributed by atoms with Crippen LogP contribution in [-0.4, -0.2) is 34.9 Å². The van der Waals surface area contributed by atoms with Gasteiger partial charge in [0.15, 0.2) is 5.17 Å². The van der Waals surface area contributed by atoms with Gasteiger partial charge < -0.3 is 10.0 Å². The number of aliphatic hydroxyl groups is 1. The lowest BCUT2D eigenvalue weighted by Crippen LogP contribution is -2.19. The SMILES string of the molecule is Cc1ccc2cc(C3=C(CO)SC4=NCCN43)sc2c1. The molecular formula is C15H14N2OS2. The average Bonchev–Trinajstić information content (AvgIpc) is 3.09.